The third-order valence-electron chi connectivity index (χ3n) is 6.45. The molecule has 0 aliphatic carbocycles. The number of fused-ring (bicyclic) bond motifs is 2. The van der Waals surface area contributed by atoms with Crippen molar-refractivity contribution in [3.63, 3.8) is 0 Å². The highest BCUT2D eigenvalue weighted by atomic mass is 32.2. The fraction of sp³-hybridized carbons (Fsp3) is 0.333. The van der Waals surface area contributed by atoms with Crippen LogP contribution in [-0.4, -0.2) is 51.0 Å². The number of rotatable bonds is 3. The normalized spacial score (nSPS) is 17.6. The Morgan fingerprint density at radius 2 is 1.84 bits per heavy atom. The monoisotopic (exact) mass is 439 g/mol. The van der Waals surface area contributed by atoms with E-state index in [0.717, 1.165) is 61.3 Å². The molecule has 31 heavy (non-hydrogen) atoms. The fourth-order valence-corrected chi connectivity index (χ4v) is 6.10. The van der Waals surface area contributed by atoms with Crippen molar-refractivity contribution in [1.82, 2.24) is 8.87 Å². The van der Waals surface area contributed by atoms with Gasteiger partial charge in [0.25, 0.3) is 10.0 Å². The largest absolute Gasteiger partial charge is 0.374 e. The smallest absolute Gasteiger partial charge is 0.268 e. The number of benzene rings is 2. The van der Waals surface area contributed by atoms with Crippen molar-refractivity contribution >= 4 is 32.2 Å². The Labute approximate surface area is 182 Å². The first-order valence-corrected chi connectivity index (χ1v) is 12.1. The zero-order valence-electron chi connectivity index (χ0n) is 17.8. The number of anilines is 1. The van der Waals surface area contributed by atoms with Crippen molar-refractivity contribution in [3.05, 3.63) is 65.6 Å². The lowest BCUT2D eigenvalue weighted by atomic mass is 9.99. The SMILES string of the molecule is CN1CC=C(c2cn(S(=O)(=O)c3ccc4c(c3)CCCN4C)c3ccc(F)cc23)CC1. The average molecular weight is 440 g/mol. The zero-order valence-corrected chi connectivity index (χ0v) is 18.6. The molecule has 3 heterocycles. The van der Waals surface area contributed by atoms with Crippen LogP contribution in [0.2, 0.25) is 0 Å². The Bertz CT molecular complexity index is 1310. The molecule has 2 aliphatic heterocycles. The van der Waals surface area contributed by atoms with Gasteiger partial charge in [0.2, 0.25) is 0 Å². The summed E-state index contributed by atoms with van der Waals surface area (Å²) in [7, 11) is 0.259. The highest BCUT2D eigenvalue weighted by molar-refractivity contribution is 7.90. The molecule has 5 rings (SSSR count). The summed E-state index contributed by atoms with van der Waals surface area (Å²) in [5.41, 5.74) is 4.50. The van der Waals surface area contributed by atoms with Gasteiger partial charge in [-0.25, -0.2) is 16.8 Å². The molecule has 0 saturated carbocycles. The maximum absolute atomic E-state index is 14.1. The first kappa shape index (κ1) is 20.3. The van der Waals surface area contributed by atoms with Crippen LogP contribution in [0.15, 0.2) is 53.6 Å². The highest BCUT2D eigenvalue weighted by Crippen LogP contribution is 2.35. The van der Waals surface area contributed by atoms with Crippen molar-refractivity contribution in [2.45, 2.75) is 24.2 Å². The van der Waals surface area contributed by atoms with Crippen LogP contribution in [0.5, 0.6) is 0 Å². The molecule has 5 nitrogen and oxygen atoms in total. The molecular formula is C24H26FN3O2S. The third kappa shape index (κ3) is 3.46. The molecule has 7 heteroatoms. The van der Waals surface area contributed by atoms with Crippen LogP contribution < -0.4 is 4.90 Å². The van der Waals surface area contributed by atoms with E-state index in [4.69, 9.17) is 0 Å². The molecule has 0 N–H and O–H groups in total. The first-order valence-electron chi connectivity index (χ1n) is 10.6. The van der Waals surface area contributed by atoms with E-state index < -0.39 is 10.0 Å². The lowest BCUT2D eigenvalue weighted by Gasteiger charge is -2.27. The fourth-order valence-electron chi connectivity index (χ4n) is 4.68. The maximum Gasteiger partial charge on any atom is 0.268 e. The lowest BCUT2D eigenvalue weighted by molar-refractivity contribution is 0.370. The number of aryl methyl sites for hydroxylation is 1. The van der Waals surface area contributed by atoms with Gasteiger partial charge >= 0.3 is 0 Å². The predicted molar refractivity (Wildman–Crippen MR) is 123 cm³/mol. The molecule has 0 atom stereocenters. The number of hydrogen-bond donors (Lipinski definition) is 0. The van der Waals surface area contributed by atoms with Crippen LogP contribution in [0.1, 0.15) is 24.0 Å². The predicted octanol–water partition coefficient (Wildman–Crippen LogP) is 4.12. The number of likely N-dealkylation sites (N-methyl/N-ethyl adjacent to an activating group) is 1. The van der Waals surface area contributed by atoms with Gasteiger partial charge in [0, 0.05) is 49.5 Å². The van der Waals surface area contributed by atoms with E-state index in [9.17, 15) is 12.8 Å². The van der Waals surface area contributed by atoms with Gasteiger partial charge in [-0.2, -0.15) is 0 Å². The van der Waals surface area contributed by atoms with Gasteiger partial charge in [-0.3, -0.25) is 0 Å². The highest BCUT2D eigenvalue weighted by Gasteiger charge is 2.25. The number of aromatic nitrogens is 1. The number of hydrogen-bond acceptors (Lipinski definition) is 4. The zero-order chi connectivity index (χ0) is 21.8. The summed E-state index contributed by atoms with van der Waals surface area (Å²) in [5, 5.41) is 0.636. The maximum atomic E-state index is 14.1. The molecule has 2 aliphatic rings. The molecular weight excluding hydrogens is 413 g/mol. The molecule has 0 radical (unpaired) electrons. The number of nitrogens with zero attached hydrogens (tertiary/aromatic N) is 3. The summed E-state index contributed by atoms with van der Waals surface area (Å²) in [6, 6.07) is 9.70. The lowest BCUT2D eigenvalue weighted by Crippen LogP contribution is -2.25. The van der Waals surface area contributed by atoms with Gasteiger partial charge in [-0.15, -0.1) is 0 Å². The average Bonchev–Trinajstić information content (AvgIpc) is 3.13. The molecule has 0 spiro atoms. The molecule has 0 bridgehead atoms. The Hall–Kier alpha value is -2.64. The van der Waals surface area contributed by atoms with Crippen LogP contribution in [0.25, 0.3) is 16.5 Å². The first-order chi connectivity index (χ1) is 14.8. The topological polar surface area (TPSA) is 45.6 Å². The van der Waals surface area contributed by atoms with Crippen molar-refractivity contribution in [2.24, 2.45) is 0 Å². The van der Waals surface area contributed by atoms with E-state index >= 15 is 0 Å². The van der Waals surface area contributed by atoms with E-state index in [-0.39, 0.29) is 10.7 Å². The summed E-state index contributed by atoms with van der Waals surface area (Å²) in [6.45, 7) is 2.65. The van der Waals surface area contributed by atoms with Crippen LogP contribution in [-0.2, 0) is 16.4 Å². The molecule has 0 amide bonds. The van der Waals surface area contributed by atoms with Crippen LogP contribution in [0, 0.1) is 5.82 Å². The Kier molecular flexibility index (Phi) is 4.90. The molecule has 0 saturated heterocycles. The molecule has 3 aromatic rings. The summed E-state index contributed by atoms with van der Waals surface area (Å²) in [4.78, 5) is 4.63. The number of halogens is 1. The van der Waals surface area contributed by atoms with Gasteiger partial charge < -0.3 is 9.80 Å². The second-order valence-electron chi connectivity index (χ2n) is 8.56. The van der Waals surface area contributed by atoms with E-state index in [1.165, 1.54) is 16.1 Å². The van der Waals surface area contributed by atoms with Gasteiger partial charge in [0.15, 0.2) is 0 Å². The minimum absolute atomic E-state index is 0.270. The van der Waals surface area contributed by atoms with E-state index in [1.54, 1.807) is 24.4 Å². The molecule has 0 unspecified atom stereocenters. The van der Waals surface area contributed by atoms with Crippen LogP contribution in [0.3, 0.4) is 0 Å². The Morgan fingerprint density at radius 1 is 1.00 bits per heavy atom. The molecule has 0 fully saturated rings. The minimum Gasteiger partial charge on any atom is -0.374 e. The standard InChI is InChI=1S/C24H26FN3O2S/c1-26-12-9-17(10-13-26)22-16-28(24-7-5-19(25)15-21(22)24)31(29,30)20-6-8-23-18(14-20)4-3-11-27(23)2/h5-9,14-16H,3-4,10-13H2,1-2H3. The summed E-state index contributed by atoms with van der Waals surface area (Å²) in [5.74, 6) is -0.366. The summed E-state index contributed by atoms with van der Waals surface area (Å²) >= 11 is 0. The second kappa shape index (κ2) is 7.50. The van der Waals surface area contributed by atoms with E-state index in [2.05, 4.69) is 15.9 Å². The van der Waals surface area contributed by atoms with Crippen LogP contribution in [0.4, 0.5) is 10.1 Å². The van der Waals surface area contributed by atoms with E-state index in [0.29, 0.717) is 10.9 Å². The van der Waals surface area contributed by atoms with Crippen molar-refractivity contribution in [2.75, 3.05) is 38.6 Å². The Balaban J connectivity index is 1.66. The summed E-state index contributed by atoms with van der Waals surface area (Å²) in [6.07, 6.45) is 6.45. The summed E-state index contributed by atoms with van der Waals surface area (Å²) < 4.78 is 42.8. The molecule has 1 aromatic heterocycles. The van der Waals surface area contributed by atoms with Crippen molar-refractivity contribution in [1.29, 1.82) is 0 Å². The molecule has 2 aromatic carbocycles. The third-order valence-corrected chi connectivity index (χ3v) is 8.12. The van der Waals surface area contributed by atoms with Crippen LogP contribution >= 0.6 is 0 Å². The minimum atomic E-state index is -3.82. The second-order valence-corrected chi connectivity index (χ2v) is 10.4. The van der Waals surface area contributed by atoms with Gasteiger partial charge in [-0.1, -0.05) is 6.08 Å². The van der Waals surface area contributed by atoms with Crippen molar-refractivity contribution < 1.29 is 12.8 Å². The van der Waals surface area contributed by atoms with Gasteiger partial charge in [0.05, 0.1) is 10.4 Å². The van der Waals surface area contributed by atoms with E-state index in [1.807, 2.05) is 20.2 Å². The van der Waals surface area contributed by atoms with Crippen molar-refractivity contribution in [3.8, 4) is 0 Å². The van der Waals surface area contributed by atoms with Gasteiger partial charge in [-0.05, 0) is 73.8 Å². The quantitative estimate of drug-likeness (QED) is 0.616. The molecule has 162 valence electrons. The Morgan fingerprint density at radius 3 is 2.61 bits per heavy atom. The van der Waals surface area contributed by atoms with Gasteiger partial charge in [0.1, 0.15) is 5.82 Å².